The second-order valence-corrected chi connectivity index (χ2v) is 12.4. The first-order chi connectivity index (χ1) is 23.3. The Kier molecular flexibility index (Phi) is 6.61. The molecule has 5 heteroatoms. The molecule has 0 amide bonds. The van der Waals surface area contributed by atoms with Gasteiger partial charge in [0.15, 0.2) is 23.0 Å². The molecule has 224 valence electrons. The van der Waals surface area contributed by atoms with Gasteiger partial charge in [0.2, 0.25) is 0 Å². The van der Waals surface area contributed by atoms with Crippen LogP contribution >= 0.6 is 11.3 Å². The van der Waals surface area contributed by atoms with E-state index in [0.717, 1.165) is 34.1 Å². The number of fused-ring (bicyclic) bond motifs is 5. The molecule has 1 aromatic heterocycles. The molecular weight excluding hydrogens is 597 g/mol. The first-order valence-corrected chi connectivity index (χ1v) is 16.4. The highest BCUT2D eigenvalue weighted by Crippen LogP contribution is 2.54. The van der Waals surface area contributed by atoms with E-state index < -0.39 is 0 Å². The zero-order valence-corrected chi connectivity index (χ0v) is 26.1. The van der Waals surface area contributed by atoms with Gasteiger partial charge in [-0.05, 0) is 72.8 Å². The van der Waals surface area contributed by atoms with Crippen molar-refractivity contribution in [2.75, 3.05) is 9.80 Å². The Morgan fingerprint density at radius 2 is 0.957 bits per heavy atom. The molecule has 0 saturated heterocycles. The number of nitrogens with zero attached hydrogens (tertiary/aromatic N) is 2. The average molecular weight is 625 g/mol. The van der Waals surface area contributed by atoms with E-state index in [1.807, 2.05) is 72.0 Å². The summed E-state index contributed by atoms with van der Waals surface area (Å²) in [6, 6.07) is 58.6. The number of hydrogen-bond donors (Lipinski definition) is 0. The maximum absolute atomic E-state index is 6.71. The van der Waals surface area contributed by atoms with Crippen molar-refractivity contribution in [3.05, 3.63) is 170 Å². The molecule has 8 aromatic rings. The summed E-state index contributed by atoms with van der Waals surface area (Å²) in [6.45, 7) is 0. The molecule has 0 spiro atoms. The van der Waals surface area contributed by atoms with Gasteiger partial charge in [-0.2, -0.15) is 0 Å². The van der Waals surface area contributed by atoms with E-state index in [1.54, 1.807) is 0 Å². The quantitative estimate of drug-likeness (QED) is 0.184. The van der Waals surface area contributed by atoms with Gasteiger partial charge >= 0.3 is 0 Å². The van der Waals surface area contributed by atoms with E-state index in [4.69, 9.17) is 9.47 Å². The third-order valence-electron chi connectivity index (χ3n) is 8.48. The lowest BCUT2D eigenvalue weighted by Gasteiger charge is -2.31. The van der Waals surface area contributed by atoms with Crippen LogP contribution in [0.1, 0.15) is 0 Å². The number of hydrogen-bond acceptors (Lipinski definition) is 5. The van der Waals surface area contributed by atoms with E-state index in [1.165, 1.54) is 20.2 Å². The zero-order chi connectivity index (χ0) is 31.2. The Morgan fingerprint density at radius 1 is 0.383 bits per heavy atom. The summed E-state index contributed by atoms with van der Waals surface area (Å²) >= 11 is 1.82. The number of benzene rings is 7. The molecule has 0 bridgehead atoms. The van der Waals surface area contributed by atoms with E-state index in [2.05, 4.69) is 119 Å². The van der Waals surface area contributed by atoms with Gasteiger partial charge in [-0.15, -0.1) is 11.3 Å². The predicted octanol–water partition coefficient (Wildman–Crippen LogP) is 12.9. The second kappa shape index (κ2) is 11.4. The molecule has 7 aromatic carbocycles. The molecule has 0 saturated carbocycles. The van der Waals surface area contributed by atoms with Crippen molar-refractivity contribution in [3.8, 4) is 23.0 Å². The van der Waals surface area contributed by atoms with Crippen LogP contribution in [0.4, 0.5) is 34.1 Å². The summed E-state index contributed by atoms with van der Waals surface area (Å²) in [5.74, 6) is 2.68. The summed E-state index contributed by atoms with van der Waals surface area (Å²) in [6.07, 6.45) is 0. The van der Waals surface area contributed by atoms with E-state index in [-0.39, 0.29) is 0 Å². The Hall–Kier alpha value is -6.04. The van der Waals surface area contributed by atoms with Crippen LogP contribution in [0.25, 0.3) is 20.2 Å². The number of anilines is 6. The third-order valence-corrected chi connectivity index (χ3v) is 9.69. The number of rotatable bonds is 6. The maximum Gasteiger partial charge on any atom is 0.194 e. The molecule has 4 nitrogen and oxygen atoms in total. The monoisotopic (exact) mass is 624 g/mol. The maximum atomic E-state index is 6.71. The highest BCUT2D eigenvalue weighted by atomic mass is 32.1. The van der Waals surface area contributed by atoms with E-state index in [9.17, 15) is 0 Å². The average Bonchev–Trinajstić information content (AvgIpc) is 3.52. The normalized spacial score (nSPS) is 11.7. The molecule has 2 heterocycles. The first kappa shape index (κ1) is 27.3. The Labute approximate surface area is 276 Å². The van der Waals surface area contributed by atoms with Crippen LogP contribution in [-0.2, 0) is 0 Å². The number of para-hydroxylation sites is 4. The summed E-state index contributed by atoms with van der Waals surface area (Å²) < 4.78 is 15.9. The Bertz CT molecular complexity index is 2330. The highest BCUT2D eigenvalue weighted by Gasteiger charge is 2.27. The summed E-state index contributed by atoms with van der Waals surface area (Å²) in [7, 11) is 0. The molecule has 0 N–H and O–H groups in total. The molecule has 0 aliphatic carbocycles. The fourth-order valence-corrected chi connectivity index (χ4v) is 7.59. The molecule has 1 aliphatic rings. The van der Waals surface area contributed by atoms with Gasteiger partial charge in [0.05, 0.1) is 21.8 Å². The molecule has 9 rings (SSSR count). The Morgan fingerprint density at radius 3 is 1.66 bits per heavy atom. The Balaban J connectivity index is 1.15. The summed E-state index contributed by atoms with van der Waals surface area (Å²) in [5, 5.41) is 2.53. The molecule has 0 atom stereocenters. The minimum absolute atomic E-state index is 0.668. The fraction of sp³-hybridized carbons (Fsp3) is 0. The van der Waals surface area contributed by atoms with E-state index in [0.29, 0.717) is 23.0 Å². The van der Waals surface area contributed by atoms with Crippen molar-refractivity contribution in [1.29, 1.82) is 0 Å². The van der Waals surface area contributed by atoms with Crippen molar-refractivity contribution < 1.29 is 9.47 Å². The van der Waals surface area contributed by atoms with Crippen LogP contribution in [0.2, 0.25) is 0 Å². The van der Waals surface area contributed by atoms with Gasteiger partial charge in [0.1, 0.15) is 0 Å². The van der Waals surface area contributed by atoms with Crippen LogP contribution in [0.3, 0.4) is 0 Å². The van der Waals surface area contributed by atoms with Gasteiger partial charge in [-0.25, -0.2) is 0 Å². The van der Waals surface area contributed by atoms with Crippen molar-refractivity contribution in [2.24, 2.45) is 0 Å². The van der Waals surface area contributed by atoms with Crippen molar-refractivity contribution in [1.82, 2.24) is 0 Å². The van der Waals surface area contributed by atoms with Crippen LogP contribution in [0, 0.1) is 0 Å². The van der Waals surface area contributed by atoms with Gasteiger partial charge in [0.25, 0.3) is 0 Å². The number of ether oxygens (including phenoxy) is 2. The van der Waals surface area contributed by atoms with Crippen LogP contribution in [-0.4, -0.2) is 0 Å². The summed E-state index contributed by atoms with van der Waals surface area (Å²) in [4.78, 5) is 4.50. The lowest BCUT2D eigenvalue weighted by atomic mass is 10.1. The molecule has 0 unspecified atom stereocenters. The molecule has 0 fully saturated rings. The smallest absolute Gasteiger partial charge is 0.194 e. The lowest BCUT2D eigenvalue weighted by Crippen LogP contribution is -2.13. The van der Waals surface area contributed by atoms with Crippen LogP contribution < -0.4 is 19.3 Å². The largest absolute Gasteiger partial charge is 0.449 e. The van der Waals surface area contributed by atoms with Gasteiger partial charge in [-0.1, -0.05) is 91.0 Å². The molecular formula is C42H28N2O2S. The molecule has 47 heavy (non-hydrogen) atoms. The van der Waals surface area contributed by atoms with Crippen molar-refractivity contribution in [3.63, 3.8) is 0 Å². The lowest BCUT2D eigenvalue weighted by molar-refractivity contribution is 0.360. The van der Waals surface area contributed by atoms with Gasteiger partial charge in [0, 0.05) is 38.6 Å². The van der Waals surface area contributed by atoms with Gasteiger partial charge < -0.3 is 19.3 Å². The van der Waals surface area contributed by atoms with Crippen molar-refractivity contribution >= 4 is 65.6 Å². The fourth-order valence-electron chi connectivity index (χ4n) is 6.39. The van der Waals surface area contributed by atoms with Crippen LogP contribution in [0.5, 0.6) is 23.0 Å². The van der Waals surface area contributed by atoms with Crippen LogP contribution in [0.15, 0.2) is 170 Å². The van der Waals surface area contributed by atoms with Gasteiger partial charge in [-0.3, -0.25) is 0 Å². The second-order valence-electron chi connectivity index (χ2n) is 11.4. The molecule has 1 aliphatic heterocycles. The van der Waals surface area contributed by atoms with Crippen molar-refractivity contribution in [2.45, 2.75) is 0 Å². The molecule has 0 radical (unpaired) electrons. The number of thiophene rings is 1. The summed E-state index contributed by atoms with van der Waals surface area (Å²) in [5.41, 5.74) is 6.14. The topological polar surface area (TPSA) is 24.9 Å². The third kappa shape index (κ3) is 4.76. The predicted molar refractivity (Wildman–Crippen MR) is 195 cm³/mol. The first-order valence-electron chi connectivity index (χ1n) is 15.6. The van der Waals surface area contributed by atoms with E-state index >= 15 is 0 Å². The standard InChI is InChI=1S/C42H28N2O2S/c1-4-14-29(15-5-1)43(30-16-6-2-7-17-30)35-22-13-24-38-41(35)46-37-27-26-32(28-39(37)45-38)44(31-18-8-3-9-19-31)36-23-12-21-34-33-20-10-11-25-40(33)47-42(34)36/h1-28H. The highest BCUT2D eigenvalue weighted by molar-refractivity contribution is 7.26. The SMILES string of the molecule is c1ccc(N(c2ccccc2)c2cccc3c2Oc2ccc(N(c4ccccc4)c4cccc5c4sc4ccccc45)cc2O3)cc1. The minimum Gasteiger partial charge on any atom is -0.449 e. The zero-order valence-electron chi connectivity index (χ0n) is 25.3. The minimum atomic E-state index is 0.668.